The van der Waals surface area contributed by atoms with E-state index in [1.165, 1.54) is 4.57 Å². The first-order valence-electron chi connectivity index (χ1n) is 8.13. The molecule has 0 aliphatic heterocycles. The molecule has 0 atom stereocenters. The molecule has 0 aliphatic carbocycles. The number of amides is 1. The van der Waals surface area contributed by atoms with Crippen molar-refractivity contribution in [2.75, 3.05) is 6.54 Å². The van der Waals surface area contributed by atoms with E-state index < -0.39 is 11.2 Å². The van der Waals surface area contributed by atoms with E-state index in [0.29, 0.717) is 24.0 Å². The van der Waals surface area contributed by atoms with Crippen molar-refractivity contribution in [3.05, 3.63) is 81.0 Å². The van der Waals surface area contributed by atoms with E-state index in [1.54, 1.807) is 29.2 Å². The average Bonchev–Trinajstić information content (AvgIpc) is 2.64. The molecule has 3 aromatic rings. The summed E-state index contributed by atoms with van der Waals surface area (Å²) in [4.78, 5) is 40.8. The largest absolute Gasteiger partial charge is 0.337 e. The van der Waals surface area contributed by atoms with Gasteiger partial charge in [0.1, 0.15) is 6.54 Å². The van der Waals surface area contributed by atoms with Crippen LogP contribution >= 0.6 is 0 Å². The number of fused-ring (bicyclic) bond motifs is 1. The van der Waals surface area contributed by atoms with Crippen molar-refractivity contribution >= 4 is 16.8 Å². The highest BCUT2D eigenvalue weighted by atomic mass is 16.2. The summed E-state index contributed by atoms with van der Waals surface area (Å²) in [6.07, 6.45) is 0. The van der Waals surface area contributed by atoms with Gasteiger partial charge in [-0.2, -0.15) is 0 Å². The van der Waals surface area contributed by atoms with Crippen molar-refractivity contribution in [1.82, 2.24) is 14.5 Å². The number of hydrogen-bond donors (Lipinski definition) is 1. The number of carbonyl (C=O) groups excluding carboxylic acids is 1. The lowest BCUT2D eigenvalue weighted by atomic mass is 10.2. The molecule has 0 radical (unpaired) electrons. The molecule has 25 heavy (non-hydrogen) atoms. The summed E-state index contributed by atoms with van der Waals surface area (Å²) in [6.45, 7) is 2.79. The third-order valence-electron chi connectivity index (χ3n) is 4.15. The molecule has 0 aliphatic rings. The number of H-pyrrole nitrogens is 1. The minimum absolute atomic E-state index is 0.114. The molecule has 0 bridgehead atoms. The number of nitrogens with zero attached hydrogens (tertiary/aromatic N) is 2. The van der Waals surface area contributed by atoms with Gasteiger partial charge in [-0.25, -0.2) is 4.79 Å². The number of aromatic nitrogens is 2. The first-order chi connectivity index (χ1) is 12.1. The highest BCUT2D eigenvalue weighted by Gasteiger charge is 2.16. The lowest BCUT2D eigenvalue weighted by Gasteiger charge is -2.22. The molecule has 2 aromatic carbocycles. The van der Waals surface area contributed by atoms with Crippen molar-refractivity contribution in [2.24, 2.45) is 0 Å². The summed E-state index contributed by atoms with van der Waals surface area (Å²) < 4.78 is 1.31. The summed E-state index contributed by atoms with van der Waals surface area (Å²) >= 11 is 0. The zero-order valence-corrected chi connectivity index (χ0v) is 13.9. The van der Waals surface area contributed by atoms with E-state index in [9.17, 15) is 14.4 Å². The molecule has 1 heterocycles. The quantitative estimate of drug-likeness (QED) is 0.770. The fourth-order valence-electron chi connectivity index (χ4n) is 2.81. The molecule has 1 aromatic heterocycles. The summed E-state index contributed by atoms with van der Waals surface area (Å²) in [5, 5.41) is 0.390. The second kappa shape index (κ2) is 7.17. The summed E-state index contributed by atoms with van der Waals surface area (Å²) in [7, 11) is 0. The van der Waals surface area contributed by atoms with Gasteiger partial charge in [-0.3, -0.25) is 19.1 Å². The summed E-state index contributed by atoms with van der Waals surface area (Å²) in [5.41, 5.74) is 0.463. The summed E-state index contributed by atoms with van der Waals surface area (Å²) in [6, 6.07) is 16.5. The molecular formula is C19H19N3O3. The number of nitrogens with one attached hydrogen (secondary N) is 1. The van der Waals surface area contributed by atoms with Gasteiger partial charge in [-0.1, -0.05) is 42.5 Å². The second-order valence-corrected chi connectivity index (χ2v) is 5.76. The van der Waals surface area contributed by atoms with Gasteiger partial charge in [-0.05, 0) is 24.6 Å². The molecule has 3 rings (SSSR count). The zero-order chi connectivity index (χ0) is 17.8. The van der Waals surface area contributed by atoms with Crippen molar-refractivity contribution < 1.29 is 4.79 Å². The van der Waals surface area contributed by atoms with Crippen LogP contribution in [0, 0.1) is 0 Å². The third-order valence-corrected chi connectivity index (χ3v) is 4.15. The minimum atomic E-state index is -0.576. The van der Waals surface area contributed by atoms with Crippen LogP contribution in [0.25, 0.3) is 10.9 Å². The van der Waals surface area contributed by atoms with Crippen LogP contribution in [0.1, 0.15) is 12.5 Å². The second-order valence-electron chi connectivity index (χ2n) is 5.76. The van der Waals surface area contributed by atoms with Gasteiger partial charge in [0.15, 0.2) is 0 Å². The lowest BCUT2D eigenvalue weighted by Crippen LogP contribution is -2.38. The maximum Gasteiger partial charge on any atom is 0.329 e. The molecule has 6 heteroatoms. The number of carbonyl (C=O) groups is 1. The molecule has 0 spiro atoms. The normalized spacial score (nSPS) is 10.8. The van der Waals surface area contributed by atoms with Crippen LogP contribution < -0.4 is 11.2 Å². The Balaban J connectivity index is 1.91. The van der Waals surface area contributed by atoms with Crippen LogP contribution in [-0.4, -0.2) is 26.9 Å². The van der Waals surface area contributed by atoms with E-state index in [1.807, 2.05) is 37.3 Å². The Morgan fingerprint density at radius 3 is 2.44 bits per heavy atom. The van der Waals surface area contributed by atoms with Crippen LogP contribution in [0.4, 0.5) is 0 Å². The lowest BCUT2D eigenvalue weighted by molar-refractivity contribution is -0.132. The molecule has 0 fully saturated rings. The number of rotatable bonds is 5. The molecule has 128 valence electrons. The topological polar surface area (TPSA) is 75.2 Å². The molecule has 0 unspecified atom stereocenters. The van der Waals surface area contributed by atoms with Crippen molar-refractivity contribution in [2.45, 2.75) is 20.0 Å². The fraction of sp³-hybridized carbons (Fsp3) is 0.211. The third kappa shape index (κ3) is 3.52. The van der Waals surface area contributed by atoms with Crippen molar-refractivity contribution in [3.8, 4) is 0 Å². The van der Waals surface area contributed by atoms with Gasteiger partial charge in [-0.15, -0.1) is 0 Å². The smallest absolute Gasteiger partial charge is 0.329 e. The predicted octanol–water partition coefficient (Wildman–Crippen LogP) is 1.74. The highest BCUT2D eigenvalue weighted by molar-refractivity contribution is 5.81. The Morgan fingerprint density at radius 1 is 1.04 bits per heavy atom. The van der Waals surface area contributed by atoms with Gasteiger partial charge >= 0.3 is 5.69 Å². The van der Waals surface area contributed by atoms with Gasteiger partial charge in [0.05, 0.1) is 10.9 Å². The Hall–Kier alpha value is -3.15. The fourth-order valence-corrected chi connectivity index (χ4v) is 2.81. The standard InChI is InChI=1S/C19H19N3O3/c1-2-21(12-14-8-4-3-5-9-14)17(23)13-22-16-11-7-6-10-15(16)18(24)20-19(22)25/h3-11H,2,12-13H2,1H3,(H,20,24,25). The van der Waals surface area contributed by atoms with E-state index in [-0.39, 0.29) is 12.5 Å². The van der Waals surface area contributed by atoms with Crippen molar-refractivity contribution in [3.63, 3.8) is 0 Å². The number of aromatic amines is 1. The van der Waals surface area contributed by atoms with E-state index >= 15 is 0 Å². The van der Waals surface area contributed by atoms with E-state index in [0.717, 1.165) is 5.56 Å². The Morgan fingerprint density at radius 2 is 1.72 bits per heavy atom. The van der Waals surface area contributed by atoms with Gasteiger partial charge in [0.2, 0.25) is 5.91 Å². The minimum Gasteiger partial charge on any atom is -0.337 e. The van der Waals surface area contributed by atoms with Crippen LogP contribution in [-0.2, 0) is 17.9 Å². The zero-order valence-electron chi connectivity index (χ0n) is 13.9. The SMILES string of the molecule is CCN(Cc1ccccc1)C(=O)Cn1c(=O)[nH]c(=O)c2ccccc21. The van der Waals surface area contributed by atoms with E-state index in [4.69, 9.17) is 0 Å². The Kier molecular flexibility index (Phi) is 4.79. The molecule has 1 amide bonds. The Bertz CT molecular complexity index is 1010. The maximum atomic E-state index is 12.7. The highest BCUT2D eigenvalue weighted by Crippen LogP contribution is 2.09. The number of benzene rings is 2. The van der Waals surface area contributed by atoms with Crippen LogP contribution in [0.15, 0.2) is 64.2 Å². The molecule has 0 saturated carbocycles. The predicted molar refractivity (Wildman–Crippen MR) is 96.4 cm³/mol. The van der Waals surface area contributed by atoms with Crippen LogP contribution in [0.5, 0.6) is 0 Å². The van der Waals surface area contributed by atoms with E-state index in [2.05, 4.69) is 4.98 Å². The van der Waals surface area contributed by atoms with Crippen LogP contribution in [0.3, 0.4) is 0 Å². The van der Waals surface area contributed by atoms with Gasteiger partial charge in [0, 0.05) is 13.1 Å². The molecule has 0 saturated heterocycles. The number of likely N-dealkylation sites (N-methyl/N-ethyl adjacent to an activating group) is 1. The average molecular weight is 337 g/mol. The van der Waals surface area contributed by atoms with Gasteiger partial charge < -0.3 is 4.90 Å². The van der Waals surface area contributed by atoms with Gasteiger partial charge in [0.25, 0.3) is 5.56 Å². The molecule has 6 nitrogen and oxygen atoms in total. The monoisotopic (exact) mass is 337 g/mol. The number of para-hydroxylation sites is 1. The number of hydrogen-bond acceptors (Lipinski definition) is 3. The van der Waals surface area contributed by atoms with Crippen molar-refractivity contribution in [1.29, 1.82) is 0 Å². The van der Waals surface area contributed by atoms with Crippen LogP contribution in [0.2, 0.25) is 0 Å². The first-order valence-corrected chi connectivity index (χ1v) is 8.13. The Labute approximate surface area is 144 Å². The maximum absolute atomic E-state index is 12.7. The first kappa shape index (κ1) is 16.7. The molecule has 1 N–H and O–H groups in total. The molecular weight excluding hydrogens is 318 g/mol. The summed E-state index contributed by atoms with van der Waals surface area (Å²) in [5.74, 6) is -0.175.